The number of benzene rings is 1. The Morgan fingerprint density at radius 2 is 2.10 bits per heavy atom. The van der Waals surface area contributed by atoms with Gasteiger partial charge in [-0.2, -0.15) is 5.26 Å². The van der Waals surface area contributed by atoms with Crippen molar-refractivity contribution in [2.45, 2.75) is 19.4 Å². The van der Waals surface area contributed by atoms with Crippen LogP contribution >= 0.6 is 0 Å². The van der Waals surface area contributed by atoms with Gasteiger partial charge in [-0.15, -0.1) is 0 Å². The molecule has 1 aliphatic rings. The lowest BCUT2D eigenvalue weighted by atomic mass is 10.2. The Morgan fingerprint density at radius 1 is 1.38 bits per heavy atom. The maximum absolute atomic E-state index is 11.5. The third-order valence-electron chi connectivity index (χ3n) is 3.39. The van der Waals surface area contributed by atoms with E-state index in [1.54, 1.807) is 11.8 Å². The minimum absolute atomic E-state index is 0.206. The molecule has 1 N–H and O–H groups in total. The Bertz CT molecular complexity index is 563. The molecular weight excluding hydrogens is 270 g/mol. The molecule has 1 aliphatic heterocycles. The molecule has 1 atom stereocenters. The molecule has 0 aromatic heterocycles. The molecule has 0 saturated carbocycles. The van der Waals surface area contributed by atoms with E-state index in [0.29, 0.717) is 25.3 Å². The topological polar surface area (TPSA) is 82.4 Å². The van der Waals surface area contributed by atoms with Crippen molar-refractivity contribution in [3.63, 3.8) is 0 Å². The average Bonchev–Trinajstić information content (AvgIpc) is 2.46. The minimum Gasteiger partial charge on any atom is -0.492 e. The molecule has 1 aromatic rings. The van der Waals surface area contributed by atoms with E-state index in [1.807, 2.05) is 24.3 Å². The highest BCUT2D eigenvalue weighted by Crippen LogP contribution is 2.13. The van der Waals surface area contributed by atoms with Gasteiger partial charge >= 0.3 is 0 Å². The highest BCUT2D eigenvalue weighted by atomic mass is 16.5. The van der Waals surface area contributed by atoms with Crippen molar-refractivity contribution in [1.82, 2.24) is 10.2 Å². The van der Waals surface area contributed by atoms with Crippen LogP contribution in [0.25, 0.3) is 0 Å². The van der Waals surface area contributed by atoms with Crippen LogP contribution in [0.4, 0.5) is 0 Å². The van der Waals surface area contributed by atoms with E-state index in [0.717, 1.165) is 5.56 Å². The minimum atomic E-state index is -0.329. The molecule has 1 saturated heterocycles. The molecule has 6 nitrogen and oxygen atoms in total. The molecule has 2 amide bonds. The van der Waals surface area contributed by atoms with E-state index in [9.17, 15) is 9.59 Å². The molecule has 0 radical (unpaired) electrons. The van der Waals surface area contributed by atoms with E-state index in [4.69, 9.17) is 10.00 Å². The largest absolute Gasteiger partial charge is 0.492 e. The molecule has 2 rings (SSSR count). The lowest BCUT2D eigenvalue weighted by molar-refractivity contribution is -0.139. The summed E-state index contributed by atoms with van der Waals surface area (Å²) in [6, 6.07) is 9.07. The van der Waals surface area contributed by atoms with Gasteiger partial charge in [0.15, 0.2) is 0 Å². The Morgan fingerprint density at radius 3 is 2.76 bits per heavy atom. The molecule has 0 spiro atoms. The van der Waals surface area contributed by atoms with Gasteiger partial charge in [-0.05, 0) is 24.6 Å². The number of nitriles is 1. The zero-order valence-electron chi connectivity index (χ0n) is 11.8. The van der Waals surface area contributed by atoms with Crippen LogP contribution in [-0.4, -0.2) is 42.5 Å². The fourth-order valence-electron chi connectivity index (χ4n) is 2.12. The SMILES string of the molecule is CC1C(=O)NC(=O)CN1CCOc1ccc(CC#N)cc1. The van der Waals surface area contributed by atoms with Gasteiger partial charge in [-0.25, -0.2) is 0 Å². The Hall–Kier alpha value is -2.39. The summed E-state index contributed by atoms with van der Waals surface area (Å²) in [5.41, 5.74) is 0.941. The smallest absolute Gasteiger partial charge is 0.243 e. The summed E-state index contributed by atoms with van der Waals surface area (Å²) in [7, 11) is 0. The van der Waals surface area contributed by atoms with Crippen molar-refractivity contribution in [1.29, 1.82) is 5.26 Å². The summed E-state index contributed by atoms with van der Waals surface area (Å²) in [5, 5.41) is 10.9. The van der Waals surface area contributed by atoms with E-state index < -0.39 is 0 Å². The zero-order valence-corrected chi connectivity index (χ0v) is 11.8. The Labute approximate surface area is 123 Å². The second-order valence-electron chi connectivity index (χ2n) is 4.89. The van der Waals surface area contributed by atoms with Gasteiger partial charge in [0.2, 0.25) is 11.8 Å². The monoisotopic (exact) mass is 287 g/mol. The first-order chi connectivity index (χ1) is 10.1. The maximum atomic E-state index is 11.5. The Balaban J connectivity index is 1.82. The van der Waals surface area contributed by atoms with Crippen molar-refractivity contribution in [3.8, 4) is 11.8 Å². The van der Waals surface area contributed by atoms with Crippen LogP contribution < -0.4 is 10.1 Å². The van der Waals surface area contributed by atoms with Crippen LogP contribution in [0.15, 0.2) is 24.3 Å². The quantitative estimate of drug-likeness (QED) is 0.796. The number of hydrogen-bond donors (Lipinski definition) is 1. The molecule has 6 heteroatoms. The van der Waals surface area contributed by atoms with Gasteiger partial charge in [-0.3, -0.25) is 19.8 Å². The summed E-state index contributed by atoms with van der Waals surface area (Å²) in [4.78, 5) is 24.6. The maximum Gasteiger partial charge on any atom is 0.243 e. The van der Waals surface area contributed by atoms with Gasteiger partial charge in [-0.1, -0.05) is 12.1 Å². The first-order valence-electron chi connectivity index (χ1n) is 6.76. The number of hydrogen-bond acceptors (Lipinski definition) is 5. The number of ether oxygens (including phenoxy) is 1. The van der Waals surface area contributed by atoms with Gasteiger partial charge in [0, 0.05) is 6.54 Å². The molecule has 0 bridgehead atoms. The lowest BCUT2D eigenvalue weighted by Crippen LogP contribution is -2.57. The second-order valence-corrected chi connectivity index (χ2v) is 4.89. The lowest BCUT2D eigenvalue weighted by Gasteiger charge is -2.31. The number of piperazine rings is 1. The molecule has 21 heavy (non-hydrogen) atoms. The second kappa shape index (κ2) is 6.86. The van der Waals surface area contributed by atoms with E-state index in [2.05, 4.69) is 11.4 Å². The molecule has 0 aliphatic carbocycles. The number of amides is 2. The van der Waals surface area contributed by atoms with Crippen LogP contribution in [0.1, 0.15) is 12.5 Å². The molecule has 1 fully saturated rings. The first kappa shape index (κ1) is 15.0. The standard InChI is InChI=1S/C15H17N3O3/c1-11-15(20)17-14(19)10-18(11)8-9-21-13-4-2-12(3-5-13)6-7-16/h2-5,11H,6,8-10H2,1H3,(H,17,19,20). The number of nitrogens with one attached hydrogen (secondary N) is 1. The molecule has 1 unspecified atom stereocenters. The number of nitrogens with zero attached hydrogens (tertiary/aromatic N) is 2. The summed E-state index contributed by atoms with van der Waals surface area (Å²) in [6.07, 6.45) is 0.378. The van der Waals surface area contributed by atoms with E-state index >= 15 is 0 Å². The molecule has 1 heterocycles. The first-order valence-corrected chi connectivity index (χ1v) is 6.76. The third kappa shape index (κ3) is 4.04. The van der Waals surface area contributed by atoms with Crippen molar-refractivity contribution in [2.75, 3.05) is 19.7 Å². The number of rotatable bonds is 5. The van der Waals surface area contributed by atoms with Gasteiger partial charge in [0.25, 0.3) is 0 Å². The van der Waals surface area contributed by atoms with Crippen LogP contribution in [0.5, 0.6) is 5.75 Å². The third-order valence-corrected chi connectivity index (χ3v) is 3.39. The predicted octanol–water partition coefficient (Wildman–Crippen LogP) is 0.478. The fraction of sp³-hybridized carbons (Fsp3) is 0.400. The molecular formula is C15H17N3O3. The van der Waals surface area contributed by atoms with Crippen LogP contribution in [0, 0.1) is 11.3 Å². The highest BCUT2D eigenvalue weighted by molar-refractivity contribution is 6.00. The number of imide groups is 1. The fourth-order valence-corrected chi connectivity index (χ4v) is 2.12. The summed E-state index contributed by atoms with van der Waals surface area (Å²) in [6.45, 7) is 2.86. The molecule has 110 valence electrons. The van der Waals surface area contributed by atoms with Crippen molar-refractivity contribution in [2.24, 2.45) is 0 Å². The highest BCUT2D eigenvalue weighted by Gasteiger charge is 2.29. The van der Waals surface area contributed by atoms with Crippen LogP contribution in [0.2, 0.25) is 0 Å². The van der Waals surface area contributed by atoms with Gasteiger partial charge < -0.3 is 4.74 Å². The zero-order chi connectivity index (χ0) is 15.2. The van der Waals surface area contributed by atoms with Crippen molar-refractivity contribution < 1.29 is 14.3 Å². The number of carbonyl (C=O) groups is 2. The summed E-state index contributed by atoms with van der Waals surface area (Å²) in [5.74, 6) is 0.156. The average molecular weight is 287 g/mol. The van der Waals surface area contributed by atoms with Gasteiger partial charge in [0.1, 0.15) is 12.4 Å². The number of carbonyl (C=O) groups excluding carboxylic acids is 2. The van der Waals surface area contributed by atoms with Crippen LogP contribution in [0.3, 0.4) is 0 Å². The van der Waals surface area contributed by atoms with E-state index in [1.165, 1.54) is 0 Å². The normalized spacial score (nSPS) is 19.0. The predicted molar refractivity (Wildman–Crippen MR) is 75.4 cm³/mol. The summed E-state index contributed by atoms with van der Waals surface area (Å²) >= 11 is 0. The van der Waals surface area contributed by atoms with Gasteiger partial charge in [0.05, 0.1) is 25.1 Å². The van der Waals surface area contributed by atoms with Crippen molar-refractivity contribution in [3.05, 3.63) is 29.8 Å². The van der Waals surface area contributed by atoms with E-state index in [-0.39, 0.29) is 24.4 Å². The Kier molecular flexibility index (Phi) is 4.90. The molecule has 1 aromatic carbocycles. The van der Waals surface area contributed by atoms with Crippen LogP contribution in [-0.2, 0) is 16.0 Å². The van der Waals surface area contributed by atoms with Crippen molar-refractivity contribution >= 4 is 11.8 Å². The summed E-state index contributed by atoms with van der Waals surface area (Å²) < 4.78 is 5.59.